The normalized spacial score (nSPS) is 11.3. The molecule has 0 aromatic rings. The summed E-state index contributed by atoms with van der Waals surface area (Å²) in [5.74, 6) is -1.45. The molecule has 0 saturated heterocycles. The van der Waals surface area contributed by atoms with Gasteiger partial charge in [-0.15, -0.1) is 0 Å². The van der Waals surface area contributed by atoms with E-state index in [4.69, 9.17) is 9.84 Å². The molecule has 0 heterocycles. The summed E-state index contributed by atoms with van der Waals surface area (Å²) in [7, 11) is 1.56. The summed E-state index contributed by atoms with van der Waals surface area (Å²) >= 11 is 0. The van der Waals surface area contributed by atoms with Crippen LogP contribution in [-0.4, -0.2) is 54.2 Å². The van der Waals surface area contributed by atoms with Crippen LogP contribution in [-0.2, 0) is 14.3 Å². The van der Waals surface area contributed by atoms with Crippen LogP contribution in [0.25, 0.3) is 0 Å². The highest BCUT2D eigenvalue weighted by Gasteiger charge is 2.26. The fourth-order valence-corrected chi connectivity index (χ4v) is 1.69. The molecule has 0 aromatic carbocycles. The first-order valence-corrected chi connectivity index (χ1v) is 6.92. The smallest absolute Gasteiger partial charge is 0.323 e. The van der Waals surface area contributed by atoms with Gasteiger partial charge in [-0.1, -0.05) is 13.8 Å². The summed E-state index contributed by atoms with van der Waals surface area (Å²) in [4.78, 5) is 35.5. The Hall–Kier alpha value is -1.63. The van der Waals surface area contributed by atoms with Gasteiger partial charge in [-0.25, -0.2) is 4.79 Å². The van der Waals surface area contributed by atoms with E-state index in [0.717, 1.165) is 0 Å². The molecule has 0 radical (unpaired) electrons. The van der Waals surface area contributed by atoms with E-state index >= 15 is 0 Å². The summed E-state index contributed by atoms with van der Waals surface area (Å²) in [5, 5.41) is 11.0. The van der Waals surface area contributed by atoms with Crippen LogP contribution < -0.4 is 5.32 Å². The fraction of sp³-hybridized carbons (Fsp3) is 0.786. The maximum atomic E-state index is 11.8. The van der Waals surface area contributed by atoms with Crippen molar-refractivity contribution < 1.29 is 24.2 Å². The van der Waals surface area contributed by atoms with Gasteiger partial charge in [0.15, 0.2) is 0 Å². The van der Waals surface area contributed by atoms with Crippen molar-refractivity contribution in [1.82, 2.24) is 10.2 Å². The number of carbonyl (C=O) groups is 3. The maximum absolute atomic E-state index is 11.8. The summed E-state index contributed by atoms with van der Waals surface area (Å²) in [6, 6.07) is -0.515. The number of nitrogens with one attached hydrogen (secondary N) is 1. The number of carboxylic acids is 1. The number of rotatable bonds is 8. The third kappa shape index (κ3) is 9.84. The highest BCUT2D eigenvalue weighted by Crippen LogP contribution is 2.24. The number of likely N-dealkylation sites (N-methyl/N-ethyl adjacent to an activating group) is 1. The average molecular weight is 302 g/mol. The second-order valence-electron chi connectivity index (χ2n) is 6.11. The van der Waals surface area contributed by atoms with Gasteiger partial charge in [-0.3, -0.25) is 14.9 Å². The van der Waals surface area contributed by atoms with Gasteiger partial charge >= 0.3 is 12.0 Å². The molecule has 7 heteroatoms. The minimum absolute atomic E-state index is 0.0264. The lowest BCUT2D eigenvalue weighted by molar-refractivity contribution is -0.139. The molecule has 21 heavy (non-hydrogen) atoms. The van der Waals surface area contributed by atoms with Crippen LogP contribution in [0.4, 0.5) is 4.79 Å². The van der Waals surface area contributed by atoms with Crippen molar-refractivity contribution >= 4 is 17.9 Å². The molecule has 0 aromatic heterocycles. The second kappa shape index (κ2) is 8.61. The Balaban J connectivity index is 4.19. The Bertz CT molecular complexity index is 380. The van der Waals surface area contributed by atoms with E-state index in [1.54, 1.807) is 20.9 Å². The third-order valence-corrected chi connectivity index (χ3v) is 2.74. The van der Waals surface area contributed by atoms with E-state index < -0.39 is 23.3 Å². The van der Waals surface area contributed by atoms with E-state index in [1.165, 1.54) is 4.90 Å². The molecular formula is C14H26N2O5. The first-order chi connectivity index (χ1) is 9.53. The highest BCUT2D eigenvalue weighted by atomic mass is 16.5. The number of imide groups is 1. The predicted molar refractivity (Wildman–Crippen MR) is 77.9 cm³/mol. The number of ether oxygens (including phenoxy) is 1. The molecule has 0 aliphatic rings. The quantitative estimate of drug-likeness (QED) is 0.708. The zero-order valence-corrected chi connectivity index (χ0v) is 13.4. The molecule has 0 saturated carbocycles. The molecule has 0 unspecified atom stereocenters. The van der Waals surface area contributed by atoms with Crippen molar-refractivity contribution in [2.45, 2.75) is 46.6 Å². The largest absolute Gasteiger partial charge is 0.481 e. The summed E-state index contributed by atoms with van der Waals surface area (Å²) in [6.07, 6.45) is -0.0754. The molecular weight excluding hydrogens is 276 g/mol. The van der Waals surface area contributed by atoms with E-state index in [2.05, 4.69) is 5.32 Å². The van der Waals surface area contributed by atoms with Crippen LogP contribution in [0, 0.1) is 5.41 Å². The van der Waals surface area contributed by atoms with Gasteiger partial charge in [0, 0.05) is 20.0 Å². The van der Waals surface area contributed by atoms with Crippen LogP contribution in [0.2, 0.25) is 0 Å². The van der Waals surface area contributed by atoms with Gasteiger partial charge in [-0.05, 0) is 19.3 Å². The Morgan fingerprint density at radius 2 is 1.81 bits per heavy atom. The number of hydrogen-bond donors (Lipinski definition) is 2. The van der Waals surface area contributed by atoms with Gasteiger partial charge in [0.1, 0.15) is 0 Å². The molecule has 2 N–H and O–H groups in total. The summed E-state index contributed by atoms with van der Waals surface area (Å²) in [6.45, 7) is 7.90. The molecule has 3 amide bonds. The van der Waals surface area contributed by atoms with Crippen LogP contribution >= 0.6 is 0 Å². The van der Waals surface area contributed by atoms with Crippen LogP contribution in [0.3, 0.4) is 0 Å². The molecule has 0 spiro atoms. The number of nitrogens with zero attached hydrogens (tertiary/aromatic N) is 1. The molecule has 7 nitrogen and oxygen atoms in total. The number of carbonyl (C=O) groups excluding carboxylic acids is 2. The van der Waals surface area contributed by atoms with Gasteiger partial charge in [0.25, 0.3) is 0 Å². The third-order valence-electron chi connectivity index (χ3n) is 2.74. The van der Waals surface area contributed by atoms with E-state index in [0.29, 0.717) is 13.2 Å². The lowest BCUT2D eigenvalue weighted by Crippen LogP contribution is -2.43. The van der Waals surface area contributed by atoms with Crippen LogP contribution in [0.15, 0.2) is 0 Å². The Kier molecular flexibility index (Phi) is 7.94. The van der Waals surface area contributed by atoms with Crippen molar-refractivity contribution in [1.29, 1.82) is 0 Å². The van der Waals surface area contributed by atoms with E-state index in [-0.39, 0.29) is 18.9 Å². The van der Waals surface area contributed by atoms with Crippen LogP contribution in [0.5, 0.6) is 0 Å². The zero-order chi connectivity index (χ0) is 16.6. The number of urea groups is 1. The maximum Gasteiger partial charge on any atom is 0.323 e. The summed E-state index contributed by atoms with van der Waals surface area (Å²) < 4.78 is 5.32. The lowest BCUT2D eigenvalue weighted by atomic mass is 9.85. The lowest BCUT2D eigenvalue weighted by Gasteiger charge is -2.23. The van der Waals surface area contributed by atoms with Crippen molar-refractivity contribution in [3.05, 3.63) is 0 Å². The SMILES string of the molecule is CC(C)OCCN(C)C(=O)NC(=O)CC(C)(C)CC(=O)O. The Morgan fingerprint density at radius 3 is 2.29 bits per heavy atom. The standard InChI is InChI=1S/C14H26N2O5/c1-10(2)21-7-6-16(5)13(20)15-11(17)8-14(3,4)9-12(18)19/h10H,6-9H2,1-5H3,(H,18,19)(H,15,17,20). The molecule has 0 bridgehead atoms. The number of amides is 3. The monoisotopic (exact) mass is 302 g/mol. The molecule has 0 fully saturated rings. The number of carboxylic acid groups (broad SMARTS) is 1. The highest BCUT2D eigenvalue weighted by molar-refractivity contribution is 5.94. The molecule has 0 aliphatic heterocycles. The summed E-state index contributed by atoms with van der Waals surface area (Å²) in [5.41, 5.74) is -0.699. The van der Waals surface area contributed by atoms with Gasteiger partial charge < -0.3 is 14.7 Å². The topological polar surface area (TPSA) is 95.9 Å². The molecule has 0 rings (SSSR count). The van der Waals surface area contributed by atoms with Crippen molar-refractivity contribution in [3.8, 4) is 0 Å². The second-order valence-corrected chi connectivity index (χ2v) is 6.11. The number of aliphatic carboxylic acids is 1. The van der Waals surface area contributed by atoms with Crippen molar-refractivity contribution in [2.24, 2.45) is 5.41 Å². The molecule has 0 aliphatic carbocycles. The average Bonchev–Trinajstić information content (AvgIpc) is 2.24. The minimum Gasteiger partial charge on any atom is -0.481 e. The number of hydrogen-bond acceptors (Lipinski definition) is 4. The minimum atomic E-state index is -0.970. The van der Waals surface area contributed by atoms with E-state index in [1.807, 2.05) is 13.8 Å². The van der Waals surface area contributed by atoms with Gasteiger partial charge in [-0.2, -0.15) is 0 Å². The first kappa shape index (κ1) is 19.4. The molecule has 122 valence electrons. The van der Waals surface area contributed by atoms with Crippen molar-refractivity contribution in [3.63, 3.8) is 0 Å². The van der Waals surface area contributed by atoms with E-state index in [9.17, 15) is 14.4 Å². The van der Waals surface area contributed by atoms with Crippen molar-refractivity contribution in [2.75, 3.05) is 20.2 Å². The van der Waals surface area contributed by atoms with Gasteiger partial charge in [0.05, 0.1) is 19.1 Å². The Labute approximate surface area is 125 Å². The molecule has 0 atom stereocenters. The van der Waals surface area contributed by atoms with Gasteiger partial charge in [0.2, 0.25) is 5.91 Å². The van der Waals surface area contributed by atoms with Crippen LogP contribution in [0.1, 0.15) is 40.5 Å². The first-order valence-electron chi connectivity index (χ1n) is 6.92. The zero-order valence-electron chi connectivity index (χ0n) is 13.4. The Morgan fingerprint density at radius 1 is 1.24 bits per heavy atom. The predicted octanol–water partition coefficient (Wildman–Crippen LogP) is 1.47. The fourth-order valence-electron chi connectivity index (χ4n) is 1.69.